The van der Waals surface area contributed by atoms with Crippen LogP contribution in [-0.4, -0.2) is 44.4 Å². The molecule has 0 spiro atoms. The zero-order chi connectivity index (χ0) is 20.1. The van der Waals surface area contributed by atoms with Crippen molar-refractivity contribution in [3.05, 3.63) is 65.7 Å². The minimum absolute atomic E-state index is 0.0267. The summed E-state index contributed by atoms with van der Waals surface area (Å²) >= 11 is 0. The van der Waals surface area contributed by atoms with Crippen molar-refractivity contribution < 1.29 is 18.0 Å². The van der Waals surface area contributed by atoms with E-state index in [2.05, 4.69) is 5.32 Å². The number of amides is 3. The third kappa shape index (κ3) is 4.69. The molecule has 2 aromatic carbocycles. The zero-order valence-corrected chi connectivity index (χ0v) is 16.4. The number of carbonyl (C=O) groups is 2. The number of carbonyl (C=O) groups excluding carboxylic acids is 2. The third-order valence-corrected chi connectivity index (χ3v) is 6.16. The van der Waals surface area contributed by atoms with E-state index in [1.54, 1.807) is 30.0 Å². The normalized spacial score (nSPS) is 14.7. The van der Waals surface area contributed by atoms with Gasteiger partial charge in [-0.05, 0) is 30.5 Å². The number of sulfonamides is 1. The van der Waals surface area contributed by atoms with Crippen molar-refractivity contribution in [1.82, 2.24) is 14.9 Å². The van der Waals surface area contributed by atoms with E-state index in [9.17, 15) is 18.0 Å². The molecule has 3 rings (SSSR count). The molecule has 0 aromatic heterocycles. The van der Waals surface area contributed by atoms with E-state index < -0.39 is 22.1 Å². The molecule has 0 radical (unpaired) electrons. The summed E-state index contributed by atoms with van der Waals surface area (Å²) in [5.74, 6) is -0.210. The topological polar surface area (TPSA) is 95.6 Å². The van der Waals surface area contributed by atoms with Crippen LogP contribution in [0.5, 0.6) is 0 Å². The molecule has 1 aliphatic rings. The molecule has 148 valence electrons. The van der Waals surface area contributed by atoms with Crippen molar-refractivity contribution in [3.8, 4) is 0 Å². The number of benzene rings is 2. The van der Waals surface area contributed by atoms with Crippen LogP contribution in [-0.2, 0) is 21.2 Å². The predicted octanol–water partition coefficient (Wildman–Crippen LogP) is 1.83. The van der Waals surface area contributed by atoms with Crippen LogP contribution in [0.25, 0.3) is 0 Å². The summed E-state index contributed by atoms with van der Waals surface area (Å²) in [7, 11) is -4.03. The van der Waals surface area contributed by atoms with Crippen molar-refractivity contribution >= 4 is 22.0 Å². The van der Waals surface area contributed by atoms with Crippen LogP contribution in [0, 0.1) is 6.92 Å². The summed E-state index contributed by atoms with van der Waals surface area (Å²) < 4.78 is 27.0. The standard InChI is InChI=1S/C20H23N3O4S/c1-15-8-5-6-11-18(15)28(26,27)22-20(25)21-17(19(24)23-12-7-13-23)14-16-9-3-2-4-10-16/h2-6,8-11,17H,7,12-14H2,1H3,(H2,21,22,25)/t17-/m0/s1. The molecule has 1 aliphatic heterocycles. The molecule has 1 heterocycles. The van der Waals surface area contributed by atoms with Gasteiger partial charge in [-0.2, -0.15) is 0 Å². The molecule has 1 fully saturated rings. The molecule has 7 nitrogen and oxygen atoms in total. The summed E-state index contributed by atoms with van der Waals surface area (Å²) in [6.07, 6.45) is 1.21. The highest BCUT2D eigenvalue weighted by atomic mass is 32.2. The monoisotopic (exact) mass is 401 g/mol. The highest BCUT2D eigenvalue weighted by Gasteiger charge is 2.30. The molecule has 8 heteroatoms. The molecule has 0 bridgehead atoms. The zero-order valence-electron chi connectivity index (χ0n) is 15.6. The Hall–Kier alpha value is -2.87. The lowest BCUT2D eigenvalue weighted by Gasteiger charge is -2.34. The van der Waals surface area contributed by atoms with Crippen molar-refractivity contribution in [2.45, 2.75) is 30.7 Å². The van der Waals surface area contributed by atoms with Gasteiger partial charge in [0.2, 0.25) is 5.91 Å². The molecule has 3 amide bonds. The number of hydrogen-bond donors (Lipinski definition) is 2. The molecule has 2 N–H and O–H groups in total. The minimum atomic E-state index is -4.03. The van der Waals surface area contributed by atoms with Gasteiger partial charge in [-0.25, -0.2) is 17.9 Å². The molecular formula is C20H23N3O4S. The Morgan fingerprint density at radius 3 is 2.29 bits per heavy atom. The van der Waals surface area contributed by atoms with Crippen LogP contribution in [0.1, 0.15) is 17.5 Å². The Balaban J connectivity index is 1.73. The Labute approximate surface area is 164 Å². The largest absolute Gasteiger partial charge is 0.341 e. The third-order valence-electron chi connectivity index (χ3n) is 4.66. The highest BCUT2D eigenvalue weighted by Crippen LogP contribution is 2.14. The Morgan fingerprint density at radius 1 is 1.04 bits per heavy atom. The van der Waals surface area contributed by atoms with E-state index in [0.717, 1.165) is 12.0 Å². The molecule has 0 saturated carbocycles. The van der Waals surface area contributed by atoms with E-state index in [4.69, 9.17) is 0 Å². The van der Waals surface area contributed by atoms with Crippen molar-refractivity contribution in [2.24, 2.45) is 0 Å². The fourth-order valence-electron chi connectivity index (χ4n) is 3.03. The van der Waals surface area contributed by atoms with Gasteiger partial charge in [-0.15, -0.1) is 0 Å². The van der Waals surface area contributed by atoms with Crippen LogP contribution in [0.2, 0.25) is 0 Å². The fourth-order valence-corrected chi connectivity index (χ4v) is 4.19. The average Bonchev–Trinajstić information content (AvgIpc) is 2.60. The lowest BCUT2D eigenvalue weighted by molar-refractivity contribution is -0.136. The average molecular weight is 401 g/mol. The van der Waals surface area contributed by atoms with E-state index in [0.29, 0.717) is 18.7 Å². The van der Waals surface area contributed by atoms with Gasteiger partial charge in [-0.3, -0.25) is 4.79 Å². The predicted molar refractivity (Wildman–Crippen MR) is 105 cm³/mol. The highest BCUT2D eigenvalue weighted by molar-refractivity contribution is 7.90. The Morgan fingerprint density at radius 2 is 1.68 bits per heavy atom. The van der Waals surface area contributed by atoms with Crippen LogP contribution >= 0.6 is 0 Å². The van der Waals surface area contributed by atoms with Crippen LogP contribution < -0.4 is 10.0 Å². The van der Waals surface area contributed by atoms with E-state index in [1.165, 1.54) is 6.07 Å². The number of hydrogen-bond acceptors (Lipinski definition) is 4. The molecule has 0 unspecified atom stereocenters. The second-order valence-electron chi connectivity index (χ2n) is 6.77. The summed E-state index contributed by atoms with van der Waals surface area (Å²) in [5, 5.41) is 2.54. The van der Waals surface area contributed by atoms with E-state index in [1.807, 2.05) is 35.1 Å². The first-order valence-electron chi connectivity index (χ1n) is 9.08. The minimum Gasteiger partial charge on any atom is -0.341 e. The smallest absolute Gasteiger partial charge is 0.329 e. The van der Waals surface area contributed by atoms with Gasteiger partial charge in [-0.1, -0.05) is 48.5 Å². The molecule has 1 atom stereocenters. The van der Waals surface area contributed by atoms with Gasteiger partial charge in [0.25, 0.3) is 10.0 Å². The maximum Gasteiger partial charge on any atom is 0.329 e. The lowest BCUT2D eigenvalue weighted by atomic mass is 10.0. The summed E-state index contributed by atoms with van der Waals surface area (Å²) in [5.41, 5.74) is 1.41. The number of nitrogens with one attached hydrogen (secondary N) is 2. The molecule has 28 heavy (non-hydrogen) atoms. The van der Waals surface area contributed by atoms with Crippen LogP contribution in [0.15, 0.2) is 59.5 Å². The van der Waals surface area contributed by atoms with Gasteiger partial charge < -0.3 is 10.2 Å². The van der Waals surface area contributed by atoms with Gasteiger partial charge in [0, 0.05) is 19.5 Å². The summed E-state index contributed by atoms with van der Waals surface area (Å²) in [4.78, 5) is 26.8. The number of nitrogens with zero attached hydrogens (tertiary/aromatic N) is 1. The van der Waals surface area contributed by atoms with E-state index in [-0.39, 0.29) is 17.2 Å². The fraction of sp³-hybridized carbons (Fsp3) is 0.300. The maximum atomic E-state index is 12.7. The SMILES string of the molecule is Cc1ccccc1S(=O)(=O)NC(=O)N[C@@H](Cc1ccccc1)C(=O)N1CCC1. The van der Waals surface area contributed by atoms with Gasteiger partial charge in [0.1, 0.15) is 6.04 Å². The van der Waals surface area contributed by atoms with Crippen LogP contribution in [0.4, 0.5) is 4.79 Å². The maximum absolute atomic E-state index is 12.7. The first-order chi connectivity index (χ1) is 13.4. The van der Waals surface area contributed by atoms with Gasteiger partial charge in [0.15, 0.2) is 0 Å². The molecular weight excluding hydrogens is 378 g/mol. The molecule has 2 aromatic rings. The Kier molecular flexibility index (Phi) is 5.99. The van der Waals surface area contributed by atoms with E-state index >= 15 is 0 Å². The number of likely N-dealkylation sites (tertiary alicyclic amines) is 1. The molecule has 0 aliphatic carbocycles. The first-order valence-corrected chi connectivity index (χ1v) is 10.6. The second kappa shape index (κ2) is 8.43. The quantitative estimate of drug-likeness (QED) is 0.772. The first kappa shape index (κ1) is 19.9. The lowest BCUT2D eigenvalue weighted by Crippen LogP contribution is -2.56. The van der Waals surface area contributed by atoms with Crippen molar-refractivity contribution in [3.63, 3.8) is 0 Å². The molecule has 1 saturated heterocycles. The van der Waals surface area contributed by atoms with Gasteiger partial charge >= 0.3 is 6.03 Å². The van der Waals surface area contributed by atoms with Crippen molar-refractivity contribution in [1.29, 1.82) is 0 Å². The van der Waals surface area contributed by atoms with Gasteiger partial charge in [0.05, 0.1) is 4.90 Å². The summed E-state index contributed by atoms with van der Waals surface area (Å²) in [6.45, 7) is 2.95. The van der Waals surface area contributed by atoms with Crippen molar-refractivity contribution in [2.75, 3.05) is 13.1 Å². The summed E-state index contributed by atoms with van der Waals surface area (Å²) in [6, 6.07) is 13.9. The second-order valence-corrected chi connectivity index (χ2v) is 8.42. The Bertz CT molecular complexity index is 956. The number of aryl methyl sites for hydroxylation is 1. The van der Waals surface area contributed by atoms with Crippen LogP contribution in [0.3, 0.4) is 0 Å². The number of urea groups is 1. The number of rotatable bonds is 6.